The molecule has 5 heteroatoms. The Labute approximate surface area is 111 Å². The predicted molar refractivity (Wildman–Crippen MR) is 72.1 cm³/mol. The summed E-state index contributed by atoms with van der Waals surface area (Å²) in [7, 11) is 0. The number of carbonyl (C=O) groups is 2. The van der Waals surface area contributed by atoms with Gasteiger partial charge in [0.05, 0.1) is 18.1 Å². The summed E-state index contributed by atoms with van der Waals surface area (Å²) >= 11 is 1.38. The first-order chi connectivity index (χ1) is 8.70. The lowest BCUT2D eigenvalue weighted by molar-refractivity contribution is -0.142. The molecule has 0 spiro atoms. The van der Waals surface area contributed by atoms with E-state index in [0.29, 0.717) is 24.6 Å². The molecule has 1 heterocycles. The quantitative estimate of drug-likeness (QED) is 0.817. The third-order valence-electron chi connectivity index (χ3n) is 2.85. The molecule has 2 amide bonds. The van der Waals surface area contributed by atoms with Gasteiger partial charge in [0.25, 0.3) is 0 Å². The maximum atomic E-state index is 11.6. The van der Waals surface area contributed by atoms with Crippen LogP contribution in [0.2, 0.25) is 0 Å². The monoisotopic (exact) mass is 264 g/mol. The van der Waals surface area contributed by atoms with Crippen LogP contribution in [0.4, 0.5) is 0 Å². The van der Waals surface area contributed by atoms with Crippen LogP contribution in [-0.2, 0) is 22.6 Å². The zero-order valence-corrected chi connectivity index (χ0v) is 10.9. The Balaban J connectivity index is 2.03. The average Bonchev–Trinajstić information content (AvgIpc) is 2.36. The molecule has 1 aliphatic heterocycles. The van der Waals surface area contributed by atoms with Gasteiger partial charge in [0.1, 0.15) is 0 Å². The largest absolute Gasteiger partial charge is 0.330 e. The number of thioether (sulfide) groups is 1. The van der Waals surface area contributed by atoms with E-state index in [1.807, 2.05) is 24.3 Å². The summed E-state index contributed by atoms with van der Waals surface area (Å²) in [5.41, 5.74) is 7.63. The van der Waals surface area contributed by atoms with Crippen molar-refractivity contribution in [3.63, 3.8) is 0 Å². The first kappa shape index (κ1) is 13.1. The molecule has 96 valence electrons. The van der Waals surface area contributed by atoms with Crippen LogP contribution in [0, 0.1) is 0 Å². The van der Waals surface area contributed by atoms with E-state index in [4.69, 9.17) is 5.73 Å². The fraction of sp³-hybridized carbons (Fsp3) is 0.385. The van der Waals surface area contributed by atoms with Crippen molar-refractivity contribution in [2.75, 3.05) is 18.1 Å². The maximum Gasteiger partial charge on any atom is 0.239 e. The predicted octanol–water partition coefficient (Wildman–Crippen LogP) is 0.790. The third kappa shape index (κ3) is 3.11. The van der Waals surface area contributed by atoms with Gasteiger partial charge < -0.3 is 5.73 Å². The molecular weight excluding hydrogens is 248 g/mol. The van der Waals surface area contributed by atoms with E-state index in [2.05, 4.69) is 0 Å². The minimum Gasteiger partial charge on any atom is -0.330 e. The van der Waals surface area contributed by atoms with Gasteiger partial charge in [0, 0.05) is 0 Å². The number of rotatable bonds is 4. The van der Waals surface area contributed by atoms with Crippen LogP contribution in [0.1, 0.15) is 11.1 Å². The number of nitrogens with two attached hydrogens (primary N) is 1. The molecule has 1 aromatic rings. The van der Waals surface area contributed by atoms with Gasteiger partial charge in [-0.05, 0) is 24.1 Å². The lowest BCUT2D eigenvalue weighted by atomic mass is 10.1. The molecule has 0 bridgehead atoms. The maximum absolute atomic E-state index is 11.6. The number of hydrogen-bond acceptors (Lipinski definition) is 4. The lowest BCUT2D eigenvalue weighted by Crippen LogP contribution is -2.42. The van der Waals surface area contributed by atoms with Crippen molar-refractivity contribution >= 4 is 23.6 Å². The molecule has 0 aromatic heterocycles. The van der Waals surface area contributed by atoms with E-state index in [1.54, 1.807) is 0 Å². The van der Waals surface area contributed by atoms with Gasteiger partial charge in [0.15, 0.2) is 0 Å². The Kier molecular flexibility index (Phi) is 4.38. The molecule has 1 aliphatic rings. The van der Waals surface area contributed by atoms with Crippen molar-refractivity contribution in [3.05, 3.63) is 35.4 Å². The minimum absolute atomic E-state index is 0.0951. The zero-order valence-electron chi connectivity index (χ0n) is 10.1. The summed E-state index contributed by atoms with van der Waals surface area (Å²) in [5.74, 6) is 0.609. The summed E-state index contributed by atoms with van der Waals surface area (Å²) in [6.07, 6.45) is 0.846. The molecule has 0 unspecified atom stereocenters. The van der Waals surface area contributed by atoms with E-state index in [9.17, 15) is 9.59 Å². The Morgan fingerprint density at radius 2 is 1.61 bits per heavy atom. The van der Waals surface area contributed by atoms with E-state index >= 15 is 0 Å². The molecule has 0 atom stereocenters. The van der Waals surface area contributed by atoms with Crippen LogP contribution in [0.25, 0.3) is 0 Å². The van der Waals surface area contributed by atoms with Crippen molar-refractivity contribution in [1.29, 1.82) is 0 Å². The lowest BCUT2D eigenvalue weighted by Gasteiger charge is -2.24. The number of imide groups is 1. The molecule has 0 saturated carbocycles. The normalized spacial score (nSPS) is 16.2. The molecule has 2 N–H and O–H groups in total. The van der Waals surface area contributed by atoms with Crippen LogP contribution >= 0.6 is 11.8 Å². The topological polar surface area (TPSA) is 63.4 Å². The summed E-state index contributed by atoms with van der Waals surface area (Å²) in [6.45, 7) is 1.00. The highest BCUT2D eigenvalue weighted by molar-refractivity contribution is 8.00. The number of hydrogen-bond donors (Lipinski definition) is 1. The van der Waals surface area contributed by atoms with Gasteiger partial charge in [-0.25, -0.2) is 0 Å². The van der Waals surface area contributed by atoms with Crippen LogP contribution in [0.5, 0.6) is 0 Å². The molecule has 1 aromatic carbocycles. The summed E-state index contributed by atoms with van der Waals surface area (Å²) in [6, 6.07) is 7.90. The number of carbonyl (C=O) groups excluding carboxylic acids is 2. The molecule has 1 saturated heterocycles. The molecule has 18 heavy (non-hydrogen) atoms. The molecule has 2 rings (SSSR count). The van der Waals surface area contributed by atoms with Crippen molar-refractivity contribution < 1.29 is 9.59 Å². The average molecular weight is 264 g/mol. The van der Waals surface area contributed by atoms with E-state index in [-0.39, 0.29) is 11.8 Å². The van der Waals surface area contributed by atoms with Crippen LogP contribution < -0.4 is 5.73 Å². The first-order valence-electron chi connectivity index (χ1n) is 5.89. The number of benzene rings is 1. The van der Waals surface area contributed by atoms with Crippen molar-refractivity contribution in [2.45, 2.75) is 13.0 Å². The van der Waals surface area contributed by atoms with E-state index < -0.39 is 0 Å². The minimum atomic E-state index is -0.0951. The van der Waals surface area contributed by atoms with Gasteiger partial charge in [-0.15, -0.1) is 11.8 Å². The standard InChI is InChI=1S/C13H16N2O2S/c14-6-5-10-1-3-11(4-2-10)7-15-12(16)8-18-9-13(15)17/h1-4H,5-9,14H2. The molecular formula is C13H16N2O2S. The fourth-order valence-electron chi connectivity index (χ4n) is 1.86. The van der Waals surface area contributed by atoms with Gasteiger partial charge in [-0.3, -0.25) is 14.5 Å². The molecule has 0 aliphatic carbocycles. The van der Waals surface area contributed by atoms with Gasteiger partial charge in [-0.2, -0.15) is 0 Å². The Hall–Kier alpha value is -1.33. The molecule has 0 radical (unpaired) electrons. The molecule has 4 nitrogen and oxygen atoms in total. The third-order valence-corrected chi connectivity index (χ3v) is 3.75. The highest BCUT2D eigenvalue weighted by Crippen LogP contribution is 2.16. The highest BCUT2D eigenvalue weighted by Gasteiger charge is 2.26. The Bertz CT molecular complexity index is 429. The second kappa shape index (κ2) is 6.02. The summed E-state index contributed by atoms with van der Waals surface area (Å²) in [4.78, 5) is 24.6. The van der Waals surface area contributed by atoms with Crippen LogP contribution in [-0.4, -0.2) is 34.8 Å². The van der Waals surface area contributed by atoms with Crippen molar-refractivity contribution in [1.82, 2.24) is 4.90 Å². The fourth-order valence-corrected chi connectivity index (χ4v) is 2.62. The van der Waals surface area contributed by atoms with Crippen LogP contribution in [0.3, 0.4) is 0 Å². The Morgan fingerprint density at radius 1 is 1.06 bits per heavy atom. The smallest absolute Gasteiger partial charge is 0.239 e. The molecule has 1 fully saturated rings. The number of nitrogens with zero attached hydrogens (tertiary/aromatic N) is 1. The zero-order chi connectivity index (χ0) is 13.0. The number of amides is 2. The van der Waals surface area contributed by atoms with Crippen molar-refractivity contribution in [2.24, 2.45) is 5.73 Å². The van der Waals surface area contributed by atoms with Gasteiger partial charge in [0.2, 0.25) is 11.8 Å². The van der Waals surface area contributed by atoms with E-state index in [1.165, 1.54) is 22.2 Å². The van der Waals surface area contributed by atoms with Gasteiger partial charge in [-0.1, -0.05) is 24.3 Å². The second-order valence-electron chi connectivity index (χ2n) is 4.22. The van der Waals surface area contributed by atoms with E-state index in [0.717, 1.165) is 12.0 Å². The van der Waals surface area contributed by atoms with Crippen molar-refractivity contribution in [3.8, 4) is 0 Å². The SMILES string of the molecule is NCCc1ccc(CN2C(=O)CSCC2=O)cc1. The van der Waals surface area contributed by atoms with Crippen LogP contribution in [0.15, 0.2) is 24.3 Å². The van der Waals surface area contributed by atoms with Gasteiger partial charge >= 0.3 is 0 Å². The summed E-state index contributed by atoms with van der Waals surface area (Å²) in [5, 5.41) is 0. The first-order valence-corrected chi connectivity index (χ1v) is 7.05. The Morgan fingerprint density at radius 3 is 2.17 bits per heavy atom. The highest BCUT2D eigenvalue weighted by atomic mass is 32.2. The second-order valence-corrected chi connectivity index (χ2v) is 5.21. The summed E-state index contributed by atoms with van der Waals surface area (Å²) < 4.78 is 0.